The highest BCUT2D eigenvalue weighted by molar-refractivity contribution is 5.58. The van der Waals surface area contributed by atoms with Crippen molar-refractivity contribution in [3.63, 3.8) is 0 Å². The Labute approximate surface area is 127 Å². The van der Waals surface area contributed by atoms with Crippen LogP contribution in [0.1, 0.15) is 86.5 Å². The van der Waals surface area contributed by atoms with Gasteiger partial charge in [-0.15, -0.1) is 0 Å². The number of aliphatic imine (C=N–C) groups is 2. The highest BCUT2D eigenvalue weighted by atomic mass is 14.8. The molecule has 0 aromatic heterocycles. The van der Waals surface area contributed by atoms with Gasteiger partial charge in [-0.05, 0) is 72.2 Å². The van der Waals surface area contributed by atoms with Crippen molar-refractivity contribution in [1.29, 1.82) is 0 Å². The first-order valence-electron chi connectivity index (χ1n) is 8.24. The molecule has 118 valence electrons. The Morgan fingerprint density at radius 2 is 1.70 bits per heavy atom. The van der Waals surface area contributed by atoms with Crippen molar-refractivity contribution in [1.82, 2.24) is 0 Å². The van der Waals surface area contributed by atoms with Crippen molar-refractivity contribution in [2.45, 2.75) is 97.6 Å². The molecule has 0 saturated carbocycles. The standard InChI is InChI=1S/C18H36N2/c1-8-9-10-13-18(5,6)20-15-12-16(2)11-14-17(3,4)19-7/h15-16H,7-14H2,1-6H3/b20-15+. The molecule has 0 N–H and O–H groups in total. The lowest BCUT2D eigenvalue weighted by atomic mass is 9.92. The van der Waals surface area contributed by atoms with Crippen LogP contribution in [-0.2, 0) is 0 Å². The SMILES string of the molecule is C=NC(C)(C)CCC(C)C/C=N/C(C)(C)CCCCC. The van der Waals surface area contributed by atoms with Gasteiger partial charge in [0.2, 0.25) is 0 Å². The molecule has 0 aliphatic rings. The molecule has 1 atom stereocenters. The molecule has 20 heavy (non-hydrogen) atoms. The van der Waals surface area contributed by atoms with Gasteiger partial charge in [-0.3, -0.25) is 9.98 Å². The number of unbranched alkanes of at least 4 members (excludes halogenated alkanes) is 2. The minimum atomic E-state index is 0.0187. The summed E-state index contributed by atoms with van der Waals surface area (Å²) in [6, 6.07) is 0. The fourth-order valence-corrected chi connectivity index (χ4v) is 2.15. The molecule has 0 radical (unpaired) electrons. The molecule has 0 spiro atoms. The van der Waals surface area contributed by atoms with Crippen LogP contribution in [0.4, 0.5) is 0 Å². The highest BCUT2D eigenvalue weighted by Gasteiger charge is 2.16. The van der Waals surface area contributed by atoms with E-state index in [-0.39, 0.29) is 11.1 Å². The van der Waals surface area contributed by atoms with E-state index in [1.54, 1.807) is 0 Å². The second-order valence-corrected chi connectivity index (χ2v) is 7.43. The molecule has 0 saturated heterocycles. The smallest absolute Gasteiger partial charge is 0.0548 e. The second-order valence-electron chi connectivity index (χ2n) is 7.43. The van der Waals surface area contributed by atoms with E-state index < -0.39 is 0 Å². The number of nitrogens with zero attached hydrogens (tertiary/aromatic N) is 2. The van der Waals surface area contributed by atoms with Crippen molar-refractivity contribution < 1.29 is 0 Å². The summed E-state index contributed by atoms with van der Waals surface area (Å²) in [7, 11) is 0. The third-order valence-corrected chi connectivity index (χ3v) is 4.02. The topological polar surface area (TPSA) is 24.7 Å². The maximum absolute atomic E-state index is 4.77. The largest absolute Gasteiger partial charge is 0.295 e. The van der Waals surface area contributed by atoms with Crippen molar-refractivity contribution in [3.8, 4) is 0 Å². The minimum Gasteiger partial charge on any atom is -0.295 e. The summed E-state index contributed by atoms with van der Waals surface area (Å²) in [4.78, 5) is 8.94. The summed E-state index contributed by atoms with van der Waals surface area (Å²) in [6.07, 6.45) is 10.6. The molecule has 0 fully saturated rings. The fourth-order valence-electron chi connectivity index (χ4n) is 2.15. The number of rotatable bonds is 11. The van der Waals surface area contributed by atoms with Crippen molar-refractivity contribution in [2.24, 2.45) is 15.9 Å². The fraction of sp³-hybridized carbons (Fsp3) is 0.889. The predicted molar refractivity (Wildman–Crippen MR) is 93.4 cm³/mol. The molecule has 1 unspecified atom stereocenters. The van der Waals surface area contributed by atoms with E-state index in [9.17, 15) is 0 Å². The first-order chi connectivity index (χ1) is 9.22. The molecular weight excluding hydrogens is 244 g/mol. The van der Waals surface area contributed by atoms with Gasteiger partial charge in [0.1, 0.15) is 0 Å². The molecule has 0 aliphatic heterocycles. The van der Waals surface area contributed by atoms with Crippen LogP contribution in [0, 0.1) is 5.92 Å². The Morgan fingerprint density at radius 1 is 1.05 bits per heavy atom. The van der Waals surface area contributed by atoms with Crippen molar-refractivity contribution in [3.05, 3.63) is 0 Å². The van der Waals surface area contributed by atoms with E-state index in [1.165, 1.54) is 32.1 Å². The van der Waals surface area contributed by atoms with Gasteiger partial charge in [0.25, 0.3) is 0 Å². The molecule has 0 amide bonds. The van der Waals surface area contributed by atoms with Gasteiger partial charge >= 0.3 is 0 Å². The van der Waals surface area contributed by atoms with Crippen molar-refractivity contribution >= 4 is 12.9 Å². The quantitative estimate of drug-likeness (QED) is 0.342. The van der Waals surface area contributed by atoms with Gasteiger partial charge in [-0.25, -0.2) is 0 Å². The zero-order chi connectivity index (χ0) is 15.6. The molecule has 2 heteroatoms. The van der Waals surface area contributed by atoms with E-state index in [1.807, 2.05) is 0 Å². The summed E-state index contributed by atoms with van der Waals surface area (Å²) in [5.41, 5.74) is 0.127. The van der Waals surface area contributed by atoms with E-state index in [0.29, 0.717) is 5.92 Å². The Morgan fingerprint density at radius 3 is 2.25 bits per heavy atom. The first kappa shape index (κ1) is 19.3. The maximum atomic E-state index is 4.77. The molecule has 0 aromatic rings. The summed E-state index contributed by atoms with van der Waals surface area (Å²) in [6.45, 7) is 17.0. The van der Waals surface area contributed by atoms with Crippen LogP contribution in [0.3, 0.4) is 0 Å². The van der Waals surface area contributed by atoms with Crippen LogP contribution in [0.25, 0.3) is 0 Å². The summed E-state index contributed by atoms with van der Waals surface area (Å²) in [5.74, 6) is 0.672. The van der Waals surface area contributed by atoms with Gasteiger partial charge in [-0.2, -0.15) is 0 Å². The average molecular weight is 280 g/mol. The van der Waals surface area contributed by atoms with Crippen LogP contribution in [-0.4, -0.2) is 24.0 Å². The minimum absolute atomic E-state index is 0.0187. The summed E-state index contributed by atoms with van der Waals surface area (Å²) >= 11 is 0. The first-order valence-corrected chi connectivity index (χ1v) is 8.24. The maximum Gasteiger partial charge on any atom is 0.0548 e. The average Bonchev–Trinajstić information content (AvgIpc) is 2.36. The molecule has 2 nitrogen and oxygen atoms in total. The van der Waals surface area contributed by atoms with Gasteiger partial charge < -0.3 is 0 Å². The van der Waals surface area contributed by atoms with E-state index in [0.717, 1.165) is 12.8 Å². The Hall–Kier alpha value is -0.660. The van der Waals surface area contributed by atoms with Gasteiger partial charge in [-0.1, -0.05) is 33.1 Å². The van der Waals surface area contributed by atoms with E-state index in [4.69, 9.17) is 4.99 Å². The Kier molecular flexibility index (Phi) is 9.00. The molecule has 0 rings (SSSR count). The van der Waals surface area contributed by atoms with Gasteiger partial charge in [0.15, 0.2) is 0 Å². The normalized spacial score (nSPS) is 14.7. The van der Waals surface area contributed by atoms with Crippen LogP contribution < -0.4 is 0 Å². The predicted octanol–water partition coefficient (Wildman–Crippen LogP) is 5.70. The lowest BCUT2D eigenvalue weighted by Crippen LogP contribution is -2.18. The number of hydrogen-bond donors (Lipinski definition) is 0. The third kappa shape index (κ3) is 10.2. The molecule has 0 heterocycles. The van der Waals surface area contributed by atoms with Gasteiger partial charge in [0, 0.05) is 0 Å². The molecule has 0 bridgehead atoms. The molecule has 0 aromatic carbocycles. The van der Waals surface area contributed by atoms with Crippen molar-refractivity contribution in [2.75, 3.05) is 0 Å². The summed E-state index contributed by atoms with van der Waals surface area (Å²) in [5, 5.41) is 0. The third-order valence-electron chi connectivity index (χ3n) is 4.02. The zero-order valence-electron chi connectivity index (χ0n) is 14.7. The van der Waals surface area contributed by atoms with Crippen LogP contribution in [0.15, 0.2) is 9.98 Å². The zero-order valence-corrected chi connectivity index (χ0v) is 14.7. The molecule has 0 aliphatic carbocycles. The van der Waals surface area contributed by atoms with E-state index in [2.05, 4.69) is 59.5 Å². The van der Waals surface area contributed by atoms with Crippen LogP contribution in [0.2, 0.25) is 0 Å². The van der Waals surface area contributed by atoms with Crippen LogP contribution in [0.5, 0.6) is 0 Å². The lowest BCUT2D eigenvalue weighted by Gasteiger charge is -2.21. The number of hydrogen-bond acceptors (Lipinski definition) is 2. The monoisotopic (exact) mass is 280 g/mol. The lowest BCUT2D eigenvalue weighted by molar-refractivity contribution is 0.408. The van der Waals surface area contributed by atoms with Crippen LogP contribution >= 0.6 is 0 Å². The Balaban J connectivity index is 4.00. The highest BCUT2D eigenvalue weighted by Crippen LogP contribution is 2.22. The summed E-state index contributed by atoms with van der Waals surface area (Å²) < 4.78 is 0. The second kappa shape index (κ2) is 9.31. The Bertz CT molecular complexity index is 290. The molecular formula is C18H36N2. The van der Waals surface area contributed by atoms with E-state index >= 15 is 0 Å². The van der Waals surface area contributed by atoms with Gasteiger partial charge in [0.05, 0.1) is 11.1 Å².